The molecule has 16 heteroatoms. The minimum atomic E-state index is -1.91. The lowest BCUT2D eigenvalue weighted by Crippen LogP contribution is -2.61. The maximum Gasteiger partial charge on any atom is 0.413 e. The van der Waals surface area contributed by atoms with Crippen molar-refractivity contribution in [1.82, 2.24) is 9.47 Å². The van der Waals surface area contributed by atoms with Crippen molar-refractivity contribution >= 4 is 46.2 Å². The fraction of sp³-hybridized carbons (Fsp3) is 0.600. The van der Waals surface area contributed by atoms with Gasteiger partial charge in [-0.05, 0) is 81.9 Å². The number of benzene rings is 1. The monoisotopic (exact) mass is 847 g/mol. The number of carbonyl (C=O) groups is 5. The summed E-state index contributed by atoms with van der Waals surface area (Å²) >= 11 is 0. The molecule has 1 aliphatic heterocycles. The molecule has 2 aromatic rings. The molecular formula is C45H54FN3O12. The number of fused-ring (bicyclic) bond motifs is 6. The molecule has 328 valence electrons. The first-order chi connectivity index (χ1) is 28.8. The van der Waals surface area contributed by atoms with Gasteiger partial charge in [-0.2, -0.15) is 0 Å². The highest BCUT2D eigenvalue weighted by molar-refractivity contribution is 6.01. The van der Waals surface area contributed by atoms with Crippen molar-refractivity contribution in [1.29, 1.82) is 0 Å². The number of aliphatic hydroxyl groups is 2. The van der Waals surface area contributed by atoms with Crippen molar-refractivity contribution in [3.05, 3.63) is 57.7 Å². The van der Waals surface area contributed by atoms with E-state index >= 15 is 4.39 Å². The van der Waals surface area contributed by atoms with Crippen molar-refractivity contribution in [2.45, 2.75) is 110 Å². The van der Waals surface area contributed by atoms with Crippen molar-refractivity contribution in [3.8, 4) is 5.75 Å². The molecule has 5 fully saturated rings. The van der Waals surface area contributed by atoms with Crippen LogP contribution in [0.5, 0.6) is 5.75 Å². The van der Waals surface area contributed by atoms with E-state index < -0.39 is 82.1 Å². The normalized spacial score (nSPS) is 32.3. The second kappa shape index (κ2) is 15.4. The minimum Gasteiger partial charge on any atom is -0.492 e. The third kappa shape index (κ3) is 6.93. The Balaban J connectivity index is 1.01. The van der Waals surface area contributed by atoms with Crippen molar-refractivity contribution in [2.24, 2.45) is 28.6 Å². The highest BCUT2D eigenvalue weighted by atomic mass is 19.1. The van der Waals surface area contributed by atoms with Gasteiger partial charge in [0.25, 0.3) is 0 Å². The van der Waals surface area contributed by atoms with Crippen LogP contribution in [-0.2, 0) is 28.6 Å². The molecule has 0 spiro atoms. The van der Waals surface area contributed by atoms with Crippen LogP contribution in [0.1, 0.15) is 96.0 Å². The van der Waals surface area contributed by atoms with Crippen LogP contribution in [-0.4, -0.2) is 107 Å². The second-order valence-electron chi connectivity index (χ2n) is 18.3. The summed E-state index contributed by atoms with van der Waals surface area (Å²) in [6, 6.07) is 0.469. The number of Topliss-reactive ketones (excluding diaryl/α,β-unsaturated/α-hetero) is 1. The molecule has 0 bridgehead atoms. The number of amides is 1. The van der Waals surface area contributed by atoms with Crippen LogP contribution in [0, 0.1) is 34.4 Å². The summed E-state index contributed by atoms with van der Waals surface area (Å²) in [7, 11) is 1.36. The van der Waals surface area contributed by atoms with Gasteiger partial charge in [-0.3, -0.25) is 19.2 Å². The number of hydrogen-bond acceptors (Lipinski definition) is 13. The first-order valence-corrected chi connectivity index (χ1v) is 21.2. The number of methoxy groups -OCH3 is 1. The Labute approximate surface area is 352 Å². The predicted octanol–water partition coefficient (Wildman–Crippen LogP) is 4.78. The van der Waals surface area contributed by atoms with Crippen LogP contribution < -0.4 is 15.1 Å². The van der Waals surface area contributed by atoms with E-state index in [0.29, 0.717) is 19.3 Å². The molecule has 15 nitrogen and oxygen atoms in total. The highest BCUT2D eigenvalue weighted by Crippen LogP contribution is 2.67. The molecule has 2 N–H and O–H groups in total. The lowest BCUT2D eigenvalue weighted by molar-refractivity contribution is -0.178. The second-order valence-corrected chi connectivity index (χ2v) is 18.3. The number of carbonyl (C=O) groups excluding carboxylic acids is 5. The summed E-state index contributed by atoms with van der Waals surface area (Å²) in [6.45, 7) is 7.95. The number of hydrogen-bond donors (Lipinski definition) is 2. The first-order valence-electron chi connectivity index (χ1n) is 21.2. The number of halogens is 1. The van der Waals surface area contributed by atoms with Gasteiger partial charge in [-0.15, -0.1) is 0 Å². The molecule has 2 unspecified atom stereocenters. The van der Waals surface area contributed by atoms with Gasteiger partial charge in [-0.25, -0.2) is 14.0 Å². The van der Waals surface area contributed by atoms with E-state index in [1.807, 2.05) is 19.9 Å². The van der Waals surface area contributed by atoms with Gasteiger partial charge in [0.05, 0.1) is 24.1 Å². The Morgan fingerprint density at radius 2 is 1.80 bits per heavy atom. The van der Waals surface area contributed by atoms with E-state index in [1.54, 1.807) is 28.5 Å². The van der Waals surface area contributed by atoms with Gasteiger partial charge in [0, 0.05) is 68.5 Å². The molecule has 61 heavy (non-hydrogen) atoms. The van der Waals surface area contributed by atoms with Gasteiger partial charge in [0.1, 0.15) is 16.9 Å². The van der Waals surface area contributed by atoms with E-state index in [9.17, 15) is 39.0 Å². The molecule has 0 radical (unpaired) electrons. The maximum absolute atomic E-state index is 16.3. The van der Waals surface area contributed by atoms with Crippen LogP contribution in [0.3, 0.4) is 0 Å². The van der Waals surface area contributed by atoms with Gasteiger partial charge in [0.2, 0.25) is 17.5 Å². The van der Waals surface area contributed by atoms with Gasteiger partial charge in [-0.1, -0.05) is 25.5 Å². The number of piperazine rings is 1. The third-order valence-electron chi connectivity index (χ3n) is 14.8. The lowest BCUT2D eigenvalue weighted by Gasteiger charge is -2.59. The summed E-state index contributed by atoms with van der Waals surface area (Å²) in [4.78, 5) is 81.5. The first kappa shape index (κ1) is 42.6. The number of esters is 2. The van der Waals surface area contributed by atoms with Crippen molar-refractivity contribution in [3.63, 3.8) is 0 Å². The minimum absolute atomic E-state index is 0.0184. The van der Waals surface area contributed by atoms with E-state index in [2.05, 4.69) is 0 Å². The molecule has 9 atom stereocenters. The van der Waals surface area contributed by atoms with Crippen LogP contribution in [0.4, 0.5) is 14.9 Å². The van der Waals surface area contributed by atoms with Gasteiger partial charge >= 0.3 is 18.0 Å². The van der Waals surface area contributed by atoms with Crippen molar-refractivity contribution < 1.29 is 57.5 Å². The maximum atomic E-state index is 16.3. The zero-order valence-corrected chi connectivity index (χ0v) is 35.4. The molecule has 4 saturated carbocycles. The molecule has 1 aromatic carbocycles. The molecule has 5 aliphatic carbocycles. The Morgan fingerprint density at radius 1 is 1.07 bits per heavy atom. The molecule has 1 saturated heterocycles. The van der Waals surface area contributed by atoms with E-state index in [0.717, 1.165) is 24.5 Å². The number of ketones is 2. The van der Waals surface area contributed by atoms with Crippen LogP contribution in [0.2, 0.25) is 0 Å². The molecule has 8 rings (SSSR count). The molecule has 1 amide bonds. The molecule has 6 aliphatic rings. The third-order valence-corrected chi connectivity index (χ3v) is 14.8. The Kier molecular flexibility index (Phi) is 10.7. The number of aliphatic hydroxyl groups excluding tert-OH is 1. The SMILES string of the molecule is COc1c(N2CCN(C(=O)OC(C)OC(C)=O)C(C)C2)c(F)cc2c(=O)c(C(=O)OCC(=O)[C@]3(O)CC[C@@H]4[C@H]5CCC6=CC(=O)C=C[C@@]6(C)[C@@H]5[C@H](O)C[C@]43C)cn(C3CC3)c12. The fourth-order valence-corrected chi connectivity index (χ4v) is 11.7. The molecule has 2 heterocycles. The number of rotatable bonds is 9. The molecular weight excluding hydrogens is 794 g/mol. The summed E-state index contributed by atoms with van der Waals surface area (Å²) < 4.78 is 39.6. The smallest absolute Gasteiger partial charge is 0.413 e. The summed E-state index contributed by atoms with van der Waals surface area (Å²) in [5.74, 6) is -3.51. The summed E-state index contributed by atoms with van der Waals surface area (Å²) in [5.41, 5.74) is -3.30. The van der Waals surface area contributed by atoms with E-state index in [-0.39, 0.29) is 84.4 Å². The largest absolute Gasteiger partial charge is 0.492 e. The highest BCUT2D eigenvalue weighted by Gasteiger charge is 2.68. The van der Waals surface area contributed by atoms with Crippen LogP contribution in [0.25, 0.3) is 10.9 Å². The summed E-state index contributed by atoms with van der Waals surface area (Å²) in [5, 5.41) is 23.8. The van der Waals surface area contributed by atoms with Gasteiger partial charge < -0.3 is 43.5 Å². The number of pyridine rings is 1. The predicted molar refractivity (Wildman–Crippen MR) is 217 cm³/mol. The summed E-state index contributed by atoms with van der Waals surface area (Å²) in [6.07, 6.45) is 7.44. The number of anilines is 1. The zero-order chi connectivity index (χ0) is 43.9. The molecule has 1 aromatic heterocycles. The number of ether oxygens (including phenoxy) is 4. The van der Waals surface area contributed by atoms with Crippen LogP contribution in [0.15, 0.2) is 40.9 Å². The number of allylic oxidation sites excluding steroid dienone is 4. The van der Waals surface area contributed by atoms with E-state index in [1.165, 1.54) is 32.1 Å². The quantitative estimate of drug-likeness (QED) is 0.259. The average molecular weight is 848 g/mol. The van der Waals surface area contributed by atoms with Crippen molar-refractivity contribution in [2.75, 3.05) is 38.3 Å². The Morgan fingerprint density at radius 3 is 2.48 bits per heavy atom. The standard InChI is InChI=1S/C45H54FN3O12/c1-23-20-47(15-16-48(23)42(56)61-25(3)60-24(2)50)38-33(46)18-30-37(40(38)58-6)49(27-8-9-27)21-31(39(30)54)41(55)59-22-35(53)45(57)14-12-32-29-10-7-26-17-28(51)11-13-43(26,4)36(29)34(52)19-44(32,45)5/h11,13,17-18,21,23,25,27,29,32,34,36,52,57H,7-10,12,14-16,19-20,22H2,1-6H3/t23?,25?,29-,32-,34-,36+,43-,44-,45-/m1/s1. The Bertz CT molecular complexity index is 2340. The lowest BCUT2D eigenvalue weighted by atomic mass is 9.46. The fourth-order valence-electron chi connectivity index (χ4n) is 11.7. The average Bonchev–Trinajstić information content (AvgIpc) is 4.00. The topological polar surface area (TPSA) is 191 Å². The van der Waals surface area contributed by atoms with E-state index in [4.69, 9.17) is 18.9 Å². The Hall–Kier alpha value is -5.09. The number of nitrogens with zero attached hydrogens (tertiary/aromatic N) is 3. The van der Waals surface area contributed by atoms with Gasteiger partial charge in [0.15, 0.2) is 24.0 Å². The van der Waals surface area contributed by atoms with Crippen LogP contribution >= 0.6 is 0 Å². The zero-order valence-electron chi connectivity index (χ0n) is 35.4. The number of aromatic nitrogens is 1.